The summed E-state index contributed by atoms with van der Waals surface area (Å²) in [5.41, 5.74) is 0.576. The molecule has 2 heterocycles. The van der Waals surface area contributed by atoms with Gasteiger partial charge in [-0.3, -0.25) is 14.4 Å². The summed E-state index contributed by atoms with van der Waals surface area (Å²) in [6, 6.07) is 5.41. The monoisotopic (exact) mass is 282 g/mol. The summed E-state index contributed by atoms with van der Waals surface area (Å²) >= 11 is 0. The van der Waals surface area contributed by atoms with Gasteiger partial charge in [-0.15, -0.1) is 0 Å². The Balaban J connectivity index is 2.35. The van der Waals surface area contributed by atoms with E-state index >= 15 is 0 Å². The van der Waals surface area contributed by atoms with E-state index in [0.717, 1.165) is 0 Å². The van der Waals surface area contributed by atoms with Gasteiger partial charge >= 0.3 is 0 Å². The van der Waals surface area contributed by atoms with Crippen LogP contribution in [-0.4, -0.2) is 36.4 Å². The third kappa shape index (κ3) is 3.32. The minimum absolute atomic E-state index is 0.0468. The molecule has 0 saturated carbocycles. The maximum Gasteiger partial charge on any atom is 0.236 e. The molecule has 0 spiro atoms. The number of nitrogens with zero attached hydrogens (tertiary/aromatic N) is 2. The van der Waals surface area contributed by atoms with Crippen LogP contribution in [0.2, 0.25) is 0 Å². The van der Waals surface area contributed by atoms with Crippen molar-refractivity contribution >= 4 is 15.7 Å². The largest absolute Gasteiger partial charge is 0.274 e. The first-order valence-electron chi connectivity index (χ1n) is 6.35. The lowest BCUT2D eigenvalue weighted by molar-refractivity contribution is 0.0842. The predicted molar refractivity (Wildman–Crippen MR) is 72.5 cm³/mol. The van der Waals surface area contributed by atoms with Crippen LogP contribution < -0.4 is 5.49 Å². The number of carbonyl (C=O) groups excluding carboxylic acids is 1. The number of carbonyl (C=O) groups is 1. The first kappa shape index (κ1) is 14.0. The molecular weight excluding hydrogens is 264 g/mol. The van der Waals surface area contributed by atoms with Gasteiger partial charge in [0.25, 0.3) is 0 Å². The predicted octanol–water partition coefficient (Wildman–Crippen LogP) is 0.872. The molecule has 0 N–H and O–H groups in total. The summed E-state index contributed by atoms with van der Waals surface area (Å²) in [5.74, 6) is -0.568. The summed E-state index contributed by atoms with van der Waals surface area (Å²) in [6.07, 6.45) is 2.05. The van der Waals surface area contributed by atoms with Gasteiger partial charge in [-0.25, -0.2) is 8.42 Å². The van der Waals surface area contributed by atoms with Crippen LogP contribution in [0.1, 0.15) is 25.1 Å². The van der Waals surface area contributed by atoms with E-state index in [1.165, 1.54) is 4.57 Å². The van der Waals surface area contributed by atoms with Crippen LogP contribution in [0.4, 0.5) is 0 Å². The molecule has 1 unspecified atom stereocenters. The van der Waals surface area contributed by atoms with Crippen LogP contribution in [0.25, 0.3) is 0 Å². The van der Waals surface area contributed by atoms with Crippen LogP contribution in [0.3, 0.4) is 0 Å². The number of pyridine rings is 1. The fourth-order valence-electron chi connectivity index (χ4n) is 2.18. The molecule has 0 bridgehead atoms. The van der Waals surface area contributed by atoms with E-state index in [1.807, 2.05) is 19.9 Å². The van der Waals surface area contributed by atoms with Crippen molar-refractivity contribution in [2.45, 2.75) is 26.3 Å². The summed E-state index contributed by atoms with van der Waals surface area (Å²) in [5, 5.41) is 0. The number of hydrogen-bond donors (Lipinski definition) is 0. The van der Waals surface area contributed by atoms with Gasteiger partial charge in [0.05, 0.1) is 17.4 Å². The number of aromatic nitrogens is 1. The van der Waals surface area contributed by atoms with Gasteiger partial charge in [-0.05, 0) is 32.4 Å². The molecule has 0 aromatic carbocycles. The fourth-order valence-corrected chi connectivity index (χ4v) is 3.91. The first-order chi connectivity index (χ1) is 8.89. The smallest absolute Gasteiger partial charge is 0.236 e. The third-order valence-corrected chi connectivity index (χ3v) is 4.82. The summed E-state index contributed by atoms with van der Waals surface area (Å²) in [4.78, 5) is 16.8. The Kier molecular flexibility index (Phi) is 3.89. The van der Waals surface area contributed by atoms with E-state index in [2.05, 4.69) is 4.99 Å². The van der Waals surface area contributed by atoms with Gasteiger partial charge < -0.3 is 0 Å². The van der Waals surface area contributed by atoms with Gasteiger partial charge in [0.15, 0.2) is 9.84 Å². The van der Waals surface area contributed by atoms with Crippen molar-refractivity contribution in [3.63, 3.8) is 0 Å². The van der Waals surface area contributed by atoms with Gasteiger partial charge in [0.1, 0.15) is 5.49 Å². The SMILES string of the molecule is CC(C)N=c1ccccn1C(=O)C1CCS(=O)(=O)C1. The first-order valence-corrected chi connectivity index (χ1v) is 8.17. The lowest BCUT2D eigenvalue weighted by Crippen LogP contribution is -2.32. The highest BCUT2D eigenvalue weighted by molar-refractivity contribution is 7.91. The van der Waals surface area contributed by atoms with Gasteiger partial charge in [-0.1, -0.05) is 6.07 Å². The van der Waals surface area contributed by atoms with Crippen LogP contribution in [0.5, 0.6) is 0 Å². The minimum atomic E-state index is -3.05. The molecule has 1 saturated heterocycles. The Bertz CT molecular complexity index is 644. The number of sulfone groups is 1. The normalized spacial score (nSPS) is 22.9. The Morgan fingerprint density at radius 3 is 2.74 bits per heavy atom. The molecule has 1 fully saturated rings. The second-order valence-electron chi connectivity index (χ2n) is 5.09. The highest BCUT2D eigenvalue weighted by Gasteiger charge is 2.33. The van der Waals surface area contributed by atoms with Crippen molar-refractivity contribution in [2.24, 2.45) is 10.9 Å². The van der Waals surface area contributed by atoms with Crippen molar-refractivity contribution < 1.29 is 13.2 Å². The molecule has 1 aliphatic rings. The Morgan fingerprint density at radius 2 is 2.16 bits per heavy atom. The van der Waals surface area contributed by atoms with Gasteiger partial charge in [-0.2, -0.15) is 0 Å². The molecule has 104 valence electrons. The number of rotatable bonds is 2. The van der Waals surface area contributed by atoms with E-state index in [0.29, 0.717) is 11.9 Å². The van der Waals surface area contributed by atoms with Crippen molar-refractivity contribution in [2.75, 3.05) is 11.5 Å². The molecule has 5 nitrogen and oxygen atoms in total. The fraction of sp³-hybridized carbons (Fsp3) is 0.538. The molecule has 0 aliphatic carbocycles. The summed E-state index contributed by atoms with van der Waals surface area (Å²) in [6.45, 7) is 3.86. The van der Waals surface area contributed by atoms with E-state index in [9.17, 15) is 13.2 Å². The van der Waals surface area contributed by atoms with Crippen LogP contribution in [0, 0.1) is 5.92 Å². The zero-order valence-electron chi connectivity index (χ0n) is 11.1. The summed E-state index contributed by atoms with van der Waals surface area (Å²) in [7, 11) is -3.05. The van der Waals surface area contributed by atoms with Crippen molar-refractivity contribution in [3.05, 3.63) is 29.9 Å². The Labute approximate surface area is 112 Å². The molecule has 1 atom stereocenters. The second kappa shape index (κ2) is 5.28. The van der Waals surface area contributed by atoms with Crippen molar-refractivity contribution in [3.8, 4) is 0 Å². The van der Waals surface area contributed by atoms with Crippen molar-refractivity contribution in [1.82, 2.24) is 4.57 Å². The Morgan fingerprint density at radius 1 is 1.42 bits per heavy atom. The molecule has 6 heteroatoms. The van der Waals surface area contributed by atoms with E-state index in [4.69, 9.17) is 0 Å². The highest BCUT2D eigenvalue weighted by atomic mass is 32.2. The zero-order chi connectivity index (χ0) is 14.0. The Hall–Kier alpha value is -1.43. The highest BCUT2D eigenvalue weighted by Crippen LogP contribution is 2.19. The summed E-state index contributed by atoms with van der Waals surface area (Å²) < 4.78 is 24.4. The third-order valence-electron chi connectivity index (χ3n) is 3.05. The van der Waals surface area contributed by atoms with Crippen LogP contribution in [-0.2, 0) is 9.84 Å². The molecular formula is C13H18N2O3S. The quantitative estimate of drug-likeness (QED) is 0.808. The van der Waals surface area contributed by atoms with Crippen molar-refractivity contribution in [1.29, 1.82) is 0 Å². The second-order valence-corrected chi connectivity index (χ2v) is 7.32. The number of hydrogen-bond acceptors (Lipinski definition) is 4. The minimum Gasteiger partial charge on any atom is -0.274 e. The molecule has 1 aliphatic heterocycles. The maximum atomic E-state index is 12.4. The average Bonchev–Trinajstić information content (AvgIpc) is 2.69. The zero-order valence-corrected chi connectivity index (χ0v) is 11.9. The lowest BCUT2D eigenvalue weighted by Gasteiger charge is -2.10. The molecule has 0 radical (unpaired) electrons. The molecule has 19 heavy (non-hydrogen) atoms. The lowest BCUT2D eigenvalue weighted by atomic mass is 10.1. The average molecular weight is 282 g/mol. The molecule has 1 aromatic rings. The van der Waals surface area contributed by atoms with Crippen LogP contribution >= 0.6 is 0 Å². The molecule has 2 rings (SSSR count). The molecule has 1 aromatic heterocycles. The topological polar surface area (TPSA) is 68.5 Å². The van der Waals surface area contributed by atoms with Crippen LogP contribution in [0.15, 0.2) is 29.4 Å². The van der Waals surface area contributed by atoms with Gasteiger partial charge in [0.2, 0.25) is 5.91 Å². The van der Waals surface area contributed by atoms with Gasteiger partial charge in [0, 0.05) is 12.2 Å². The molecule has 0 amide bonds. The maximum absolute atomic E-state index is 12.4. The standard InChI is InChI=1S/C13H18N2O3S/c1-10(2)14-12-5-3-4-7-15(12)13(16)11-6-8-19(17,18)9-11/h3-5,7,10-11H,6,8-9H2,1-2H3. The van der Waals surface area contributed by atoms with E-state index < -0.39 is 15.8 Å². The van der Waals surface area contributed by atoms with E-state index in [-0.39, 0.29) is 23.5 Å². The van der Waals surface area contributed by atoms with E-state index in [1.54, 1.807) is 18.3 Å².